The van der Waals surface area contributed by atoms with Gasteiger partial charge >= 0.3 is 5.97 Å². The van der Waals surface area contributed by atoms with E-state index in [1.54, 1.807) is 12.2 Å². The summed E-state index contributed by atoms with van der Waals surface area (Å²) in [6.45, 7) is 5.59. The lowest BCUT2D eigenvalue weighted by Crippen LogP contribution is -2.61. The van der Waals surface area contributed by atoms with E-state index in [1.165, 1.54) is 96.3 Å². The van der Waals surface area contributed by atoms with Crippen LogP contribution in [0, 0.1) is 0 Å². The highest BCUT2D eigenvalue weighted by Crippen LogP contribution is 2.26. The molecule has 1 amide bonds. The zero-order chi connectivity index (χ0) is 51.8. The van der Waals surface area contributed by atoms with Crippen LogP contribution >= 0.6 is 0 Å². The van der Waals surface area contributed by atoms with Gasteiger partial charge in [0, 0.05) is 12.8 Å². The normalized spacial score (nSPS) is 20.3. The first kappa shape index (κ1) is 65.9. The maximum Gasteiger partial charge on any atom is 0.306 e. The topological polar surface area (TPSA) is 175 Å². The van der Waals surface area contributed by atoms with E-state index in [2.05, 4.69) is 80.8 Å². The summed E-state index contributed by atoms with van der Waals surface area (Å²) in [6, 6.07) is -1.07. The average molecular weight is 998 g/mol. The van der Waals surface area contributed by atoms with Crippen molar-refractivity contribution in [3.63, 3.8) is 0 Å². The zero-order valence-corrected chi connectivity index (χ0v) is 44.8. The fraction of sp³-hybridized carbons (Fsp3) is 0.733. The maximum absolute atomic E-state index is 13.3. The van der Waals surface area contributed by atoms with Gasteiger partial charge in [-0.2, -0.15) is 0 Å². The molecule has 0 radical (unpaired) electrons. The molecule has 8 atom stereocenters. The molecule has 11 heteroatoms. The Morgan fingerprint density at radius 1 is 0.563 bits per heavy atom. The van der Waals surface area contributed by atoms with Crippen LogP contribution in [0.1, 0.15) is 220 Å². The van der Waals surface area contributed by atoms with Crippen molar-refractivity contribution in [3.05, 3.63) is 85.1 Å². The van der Waals surface area contributed by atoms with E-state index in [-0.39, 0.29) is 19.4 Å². The number of esters is 1. The minimum atomic E-state index is -1.63. The number of aliphatic hydroxyl groups is 5. The standard InChI is InChI=1S/C60H103NO10/c1-4-7-10-13-16-19-22-24-25-26-27-28-30-32-35-38-41-44-47-53(64)59(68)61-51(52(63)46-43-40-37-34-31-21-18-15-12-9-6-3)50-69-60-58(57(67)56(66)54(49-62)70-60)71-55(65)48-45-42-39-36-33-29-23-20-17-14-11-8-5-2/h7,10,16,19,24-25,27-28,32,35,41,43-44,46,51-54,56-58,60,62-64,66-67H,4-6,8-9,11-15,17-18,20-23,26,29-31,33-34,36-40,42,45,47-50H2,1-3H3,(H,61,68)/b10-7-,19-16-,25-24-,28-27-,35-32-,44-41-,46-43+. The van der Waals surface area contributed by atoms with Crippen molar-refractivity contribution in [1.82, 2.24) is 5.32 Å². The van der Waals surface area contributed by atoms with E-state index in [9.17, 15) is 35.1 Å². The Bertz CT molecular complexity index is 1470. The van der Waals surface area contributed by atoms with Crippen molar-refractivity contribution in [2.24, 2.45) is 0 Å². The molecule has 11 nitrogen and oxygen atoms in total. The minimum absolute atomic E-state index is 0.0555. The molecule has 0 aromatic heterocycles. The molecule has 0 aromatic rings. The fourth-order valence-electron chi connectivity index (χ4n) is 8.31. The molecule has 8 unspecified atom stereocenters. The number of nitrogens with one attached hydrogen (secondary N) is 1. The number of hydrogen-bond donors (Lipinski definition) is 6. The van der Waals surface area contributed by atoms with E-state index in [0.717, 1.165) is 77.0 Å². The number of hydrogen-bond acceptors (Lipinski definition) is 10. The SMILES string of the molecule is CC/C=C\C/C=C\C/C=C\C/C=C\C/C=C\C/C=C\CC(O)C(=O)NC(COC1OC(CO)C(O)C(O)C1OC(=O)CCCCCCCCCCCCCCC)C(O)/C=C/CCCCCCCCCCC. The van der Waals surface area contributed by atoms with Crippen molar-refractivity contribution in [3.8, 4) is 0 Å². The molecule has 0 aliphatic carbocycles. The Labute approximate surface area is 432 Å². The smallest absolute Gasteiger partial charge is 0.306 e. The van der Waals surface area contributed by atoms with Gasteiger partial charge in [0.15, 0.2) is 12.4 Å². The van der Waals surface area contributed by atoms with Crippen molar-refractivity contribution < 1.29 is 49.3 Å². The molecular formula is C60H103NO10. The van der Waals surface area contributed by atoms with Crippen LogP contribution in [0.4, 0.5) is 0 Å². The summed E-state index contributed by atoms with van der Waals surface area (Å²) in [6.07, 6.45) is 50.8. The first-order chi connectivity index (χ1) is 34.7. The van der Waals surface area contributed by atoms with Gasteiger partial charge in [-0.1, -0.05) is 234 Å². The molecule has 6 N–H and O–H groups in total. The largest absolute Gasteiger partial charge is 0.454 e. The lowest BCUT2D eigenvalue weighted by molar-refractivity contribution is -0.305. The molecule has 1 heterocycles. The predicted molar refractivity (Wildman–Crippen MR) is 292 cm³/mol. The number of allylic oxidation sites excluding steroid dienone is 12. The van der Waals surface area contributed by atoms with Gasteiger partial charge in [0.25, 0.3) is 0 Å². The van der Waals surface area contributed by atoms with Crippen molar-refractivity contribution in [1.29, 1.82) is 0 Å². The van der Waals surface area contributed by atoms with Crippen LogP contribution in [0.3, 0.4) is 0 Å². The summed E-state index contributed by atoms with van der Waals surface area (Å²) in [5.74, 6) is -1.29. The van der Waals surface area contributed by atoms with Gasteiger partial charge in [-0.15, -0.1) is 0 Å². The summed E-state index contributed by atoms with van der Waals surface area (Å²) in [4.78, 5) is 26.4. The highest BCUT2D eigenvalue weighted by atomic mass is 16.7. The number of ether oxygens (including phenoxy) is 3. The van der Waals surface area contributed by atoms with Crippen LogP contribution < -0.4 is 5.32 Å². The Hall–Kier alpha value is -3.16. The first-order valence-corrected chi connectivity index (χ1v) is 28.4. The monoisotopic (exact) mass is 998 g/mol. The third kappa shape index (κ3) is 36.4. The molecule has 0 spiro atoms. The van der Waals surface area contributed by atoms with Gasteiger partial charge in [-0.3, -0.25) is 9.59 Å². The second-order valence-electron chi connectivity index (χ2n) is 19.3. The van der Waals surface area contributed by atoms with Crippen molar-refractivity contribution in [2.45, 2.75) is 269 Å². The number of unbranched alkanes of at least 4 members (excludes halogenated alkanes) is 21. The number of carbonyl (C=O) groups excluding carboxylic acids is 2. The molecule has 1 aliphatic rings. The molecule has 1 rings (SSSR count). The summed E-state index contributed by atoms with van der Waals surface area (Å²) >= 11 is 0. The molecule has 0 aromatic carbocycles. The van der Waals surface area contributed by atoms with Crippen LogP contribution in [-0.4, -0.2) is 99.6 Å². The van der Waals surface area contributed by atoms with Crippen LogP contribution in [-0.2, 0) is 23.8 Å². The number of carbonyl (C=O) groups is 2. The zero-order valence-electron chi connectivity index (χ0n) is 44.8. The Balaban J connectivity index is 2.79. The lowest BCUT2D eigenvalue weighted by Gasteiger charge is -2.41. The van der Waals surface area contributed by atoms with E-state index < -0.39 is 67.4 Å². The van der Waals surface area contributed by atoms with Crippen LogP contribution in [0.25, 0.3) is 0 Å². The molecule has 1 fully saturated rings. The number of amides is 1. The molecule has 408 valence electrons. The molecule has 1 aliphatic heterocycles. The molecule has 71 heavy (non-hydrogen) atoms. The van der Waals surface area contributed by atoms with Crippen LogP contribution in [0.15, 0.2) is 85.1 Å². The third-order valence-electron chi connectivity index (χ3n) is 12.8. The number of aliphatic hydroxyl groups excluding tert-OH is 5. The van der Waals surface area contributed by atoms with E-state index >= 15 is 0 Å². The van der Waals surface area contributed by atoms with Gasteiger partial charge in [-0.05, 0) is 57.8 Å². The van der Waals surface area contributed by atoms with Crippen LogP contribution in [0.5, 0.6) is 0 Å². The Morgan fingerprint density at radius 3 is 1.46 bits per heavy atom. The summed E-state index contributed by atoms with van der Waals surface area (Å²) < 4.78 is 17.5. The highest BCUT2D eigenvalue weighted by Gasteiger charge is 2.47. The lowest BCUT2D eigenvalue weighted by atomic mass is 9.99. The van der Waals surface area contributed by atoms with Gasteiger partial charge in [0.05, 0.1) is 25.4 Å². The predicted octanol–water partition coefficient (Wildman–Crippen LogP) is 12.6. The van der Waals surface area contributed by atoms with E-state index in [4.69, 9.17) is 14.2 Å². The third-order valence-corrected chi connectivity index (χ3v) is 12.8. The fourth-order valence-corrected chi connectivity index (χ4v) is 8.31. The maximum atomic E-state index is 13.3. The first-order valence-electron chi connectivity index (χ1n) is 28.4. The van der Waals surface area contributed by atoms with Gasteiger partial charge < -0.3 is 45.1 Å². The van der Waals surface area contributed by atoms with E-state index in [1.807, 2.05) is 18.2 Å². The number of rotatable bonds is 46. The minimum Gasteiger partial charge on any atom is -0.454 e. The second-order valence-corrected chi connectivity index (χ2v) is 19.3. The molecular weight excluding hydrogens is 895 g/mol. The van der Waals surface area contributed by atoms with Gasteiger partial charge in [-0.25, -0.2) is 0 Å². The average Bonchev–Trinajstić information content (AvgIpc) is 3.37. The molecule has 0 bridgehead atoms. The summed E-state index contributed by atoms with van der Waals surface area (Å²) in [5.41, 5.74) is 0. The van der Waals surface area contributed by atoms with Crippen molar-refractivity contribution in [2.75, 3.05) is 13.2 Å². The van der Waals surface area contributed by atoms with Gasteiger partial charge in [0.1, 0.15) is 24.4 Å². The summed E-state index contributed by atoms with van der Waals surface area (Å²) in [7, 11) is 0. The molecule has 0 saturated carbocycles. The van der Waals surface area contributed by atoms with Crippen LogP contribution in [0.2, 0.25) is 0 Å². The Kier molecular flexibility index (Phi) is 44.4. The second kappa shape index (κ2) is 47.8. The van der Waals surface area contributed by atoms with Gasteiger partial charge in [0.2, 0.25) is 5.91 Å². The van der Waals surface area contributed by atoms with E-state index in [0.29, 0.717) is 12.8 Å². The molecule has 1 saturated heterocycles. The highest BCUT2D eigenvalue weighted by molar-refractivity contribution is 5.81. The Morgan fingerprint density at radius 2 is 1.00 bits per heavy atom. The quantitative estimate of drug-likeness (QED) is 0.0196. The van der Waals surface area contributed by atoms with Crippen molar-refractivity contribution >= 4 is 11.9 Å². The summed E-state index contributed by atoms with van der Waals surface area (Å²) in [5, 5.41) is 56.6.